The fourth-order valence-corrected chi connectivity index (χ4v) is 5.79. The van der Waals surface area contributed by atoms with Crippen LogP contribution in [-0.2, 0) is 19.1 Å². The molecule has 42 heavy (non-hydrogen) atoms. The van der Waals surface area contributed by atoms with E-state index < -0.39 is 5.25 Å². The molecule has 2 aliphatic heterocycles. The van der Waals surface area contributed by atoms with E-state index in [1.165, 1.54) is 16.7 Å². The van der Waals surface area contributed by atoms with Crippen molar-refractivity contribution in [1.82, 2.24) is 9.80 Å². The summed E-state index contributed by atoms with van der Waals surface area (Å²) in [6.45, 7) is 9.74. The molecule has 222 valence electrons. The first-order valence-electron chi connectivity index (χ1n) is 14.1. The van der Waals surface area contributed by atoms with Crippen molar-refractivity contribution < 1.29 is 19.1 Å². The minimum Gasteiger partial charge on any atom is -0.378 e. The molecule has 0 aliphatic carbocycles. The van der Waals surface area contributed by atoms with Crippen LogP contribution in [0.1, 0.15) is 38.0 Å². The average molecular weight is 591 g/mol. The van der Waals surface area contributed by atoms with Gasteiger partial charge in [0.25, 0.3) is 0 Å². The smallest absolute Gasteiger partial charge is 0.247 e. The number of carbonyl (C=O) groups is 3. The number of nitrogens with one attached hydrogen (secondary N) is 1. The Morgan fingerprint density at radius 1 is 1.14 bits per heavy atom. The standard InChI is InChI=1S/C31H38N6O4S/c1-4-14-32-23(3)20-37-30(40)29(24-6-8-25(9-7-24)33-28(39)21-35(22-38)15-5-2)42-31(37)34-26-10-12-27(13-11-26)36-16-18-41-19-17-36/h4,6-14,22,29H,5,15-21H2,1-3H3,(H,33,39)/b14-4-,32-23?,34-31?. The number of amides is 3. The molecule has 0 radical (unpaired) electrons. The Hall–Kier alpha value is -3.96. The fourth-order valence-electron chi connectivity index (χ4n) is 4.62. The second-order valence-corrected chi connectivity index (χ2v) is 11.1. The van der Waals surface area contributed by atoms with Gasteiger partial charge in [0.15, 0.2) is 5.17 Å². The second kappa shape index (κ2) is 15.3. The molecule has 1 unspecified atom stereocenters. The first kappa shape index (κ1) is 31.0. The lowest BCUT2D eigenvalue weighted by molar-refractivity contribution is -0.125. The number of aliphatic imine (C=N–C) groups is 2. The minimum atomic E-state index is -0.481. The SMILES string of the molecule is C/C=C\N=C(C)CN1C(=O)C(c2ccc(NC(=O)CN(C=O)CCC)cc2)SC1=Nc1ccc(N2CCOCC2)cc1. The third-order valence-corrected chi connectivity index (χ3v) is 7.96. The van der Waals surface area contributed by atoms with E-state index in [0.29, 0.717) is 30.4 Å². The van der Waals surface area contributed by atoms with E-state index >= 15 is 0 Å². The Bertz CT molecular complexity index is 1320. The zero-order chi connectivity index (χ0) is 29.9. The lowest BCUT2D eigenvalue weighted by Gasteiger charge is -2.28. The summed E-state index contributed by atoms with van der Waals surface area (Å²) in [5, 5.41) is 2.95. The molecule has 0 saturated carbocycles. The third kappa shape index (κ3) is 8.29. The predicted octanol–water partition coefficient (Wildman–Crippen LogP) is 4.63. The van der Waals surface area contributed by atoms with Crippen molar-refractivity contribution in [2.45, 2.75) is 32.4 Å². The number of anilines is 2. The maximum Gasteiger partial charge on any atom is 0.247 e. The summed E-state index contributed by atoms with van der Waals surface area (Å²) in [4.78, 5) is 51.9. The van der Waals surface area contributed by atoms with E-state index in [4.69, 9.17) is 9.73 Å². The number of thioether (sulfide) groups is 1. The molecule has 1 atom stereocenters. The third-order valence-electron chi connectivity index (χ3n) is 6.73. The Labute approximate surface area is 251 Å². The lowest BCUT2D eigenvalue weighted by atomic mass is 10.1. The molecule has 2 aromatic rings. The Morgan fingerprint density at radius 2 is 1.86 bits per heavy atom. The summed E-state index contributed by atoms with van der Waals surface area (Å²) in [6, 6.07) is 15.3. The number of benzene rings is 2. The van der Waals surface area contributed by atoms with Crippen LogP contribution in [0.4, 0.5) is 17.1 Å². The summed E-state index contributed by atoms with van der Waals surface area (Å²) < 4.78 is 5.46. The van der Waals surface area contributed by atoms with E-state index in [-0.39, 0.29) is 18.4 Å². The van der Waals surface area contributed by atoms with Crippen molar-refractivity contribution in [2.24, 2.45) is 9.98 Å². The number of ether oxygens (including phenoxy) is 1. The molecular formula is C31H38N6O4S. The van der Waals surface area contributed by atoms with Crippen molar-refractivity contribution in [3.8, 4) is 0 Å². The Balaban J connectivity index is 1.51. The number of allylic oxidation sites excluding steroid dienone is 1. The Morgan fingerprint density at radius 3 is 2.50 bits per heavy atom. The van der Waals surface area contributed by atoms with E-state index in [1.54, 1.807) is 23.2 Å². The van der Waals surface area contributed by atoms with Gasteiger partial charge < -0.3 is 19.9 Å². The summed E-state index contributed by atoms with van der Waals surface area (Å²) in [6.07, 6.45) is 5.02. The fraction of sp³-hybridized carbons (Fsp3) is 0.387. The zero-order valence-electron chi connectivity index (χ0n) is 24.4. The number of carbonyl (C=O) groups excluding carboxylic acids is 3. The van der Waals surface area contributed by atoms with E-state index in [2.05, 4.69) is 27.3 Å². The van der Waals surface area contributed by atoms with Crippen molar-refractivity contribution >= 4 is 57.9 Å². The molecule has 2 aromatic carbocycles. The number of nitrogens with zero attached hydrogens (tertiary/aromatic N) is 5. The van der Waals surface area contributed by atoms with Gasteiger partial charge in [-0.15, -0.1) is 0 Å². The second-order valence-electron chi connectivity index (χ2n) is 10.0. The minimum absolute atomic E-state index is 0.00755. The van der Waals surface area contributed by atoms with Crippen LogP contribution < -0.4 is 10.2 Å². The zero-order valence-corrected chi connectivity index (χ0v) is 25.2. The summed E-state index contributed by atoms with van der Waals surface area (Å²) in [5.74, 6) is -0.345. The molecule has 11 heteroatoms. The van der Waals surface area contributed by atoms with Gasteiger partial charge in [0, 0.05) is 42.9 Å². The van der Waals surface area contributed by atoms with Crippen LogP contribution in [0.15, 0.2) is 70.8 Å². The molecular weight excluding hydrogens is 552 g/mol. The number of rotatable bonds is 12. The van der Waals surface area contributed by atoms with Gasteiger partial charge >= 0.3 is 0 Å². The molecule has 3 amide bonds. The number of hydrogen-bond acceptors (Lipinski definition) is 8. The lowest BCUT2D eigenvalue weighted by Crippen LogP contribution is -2.36. The van der Waals surface area contributed by atoms with Crippen molar-refractivity contribution in [2.75, 3.05) is 56.2 Å². The maximum absolute atomic E-state index is 13.7. The van der Waals surface area contributed by atoms with Crippen molar-refractivity contribution in [3.63, 3.8) is 0 Å². The number of morpholine rings is 1. The monoisotopic (exact) mass is 590 g/mol. The van der Waals surface area contributed by atoms with E-state index in [0.717, 1.165) is 55.4 Å². The Kier molecular flexibility index (Phi) is 11.3. The van der Waals surface area contributed by atoms with Crippen LogP contribution in [0, 0.1) is 0 Å². The van der Waals surface area contributed by atoms with Gasteiger partial charge in [0.2, 0.25) is 18.2 Å². The normalized spacial score (nSPS) is 18.6. The van der Waals surface area contributed by atoms with Crippen molar-refractivity contribution in [1.29, 1.82) is 0 Å². The van der Waals surface area contributed by atoms with Crippen LogP contribution in [0.3, 0.4) is 0 Å². The van der Waals surface area contributed by atoms with Crippen LogP contribution >= 0.6 is 11.8 Å². The quantitative estimate of drug-likeness (QED) is 0.285. The highest BCUT2D eigenvalue weighted by Gasteiger charge is 2.39. The molecule has 2 fully saturated rings. The van der Waals surface area contributed by atoms with Gasteiger partial charge in [-0.05, 0) is 62.2 Å². The number of amidine groups is 1. The first-order valence-corrected chi connectivity index (χ1v) is 15.0. The van der Waals surface area contributed by atoms with Gasteiger partial charge in [-0.1, -0.05) is 36.9 Å². The van der Waals surface area contributed by atoms with Gasteiger partial charge in [-0.2, -0.15) is 0 Å². The molecule has 0 bridgehead atoms. The van der Waals surface area contributed by atoms with Crippen molar-refractivity contribution in [3.05, 3.63) is 66.4 Å². The highest BCUT2D eigenvalue weighted by atomic mass is 32.2. The molecule has 0 aromatic heterocycles. The maximum atomic E-state index is 13.7. The summed E-state index contributed by atoms with van der Waals surface area (Å²) in [7, 11) is 0. The predicted molar refractivity (Wildman–Crippen MR) is 170 cm³/mol. The van der Waals surface area contributed by atoms with Gasteiger partial charge in [-0.25, -0.2) is 4.99 Å². The van der Waals surface area contributed by atoms with Gasteiger partial charge in [0.1, 0.15) is 5.25 Å². The van der Waals surface area contributed by atoms with Crippen LogP contribution in [0.2, 0.25) is 0 Å². The molecule has 0 spiro atoms. The first-order chi connectivity index (χ1) is 20.4. The van der Waals surface area contributed by atoms with Crippen LogP contribution in [0.5, 0.6) is 0 Å². The molecule has 1 N–H and O–H groups in total. The number of hydrogen-bond donors (Lipinski definition) is 1. The average Bonchev–Trinajstić information content (AvgIpc) is 3.31. The highest BCUT2D eigenvalue weighted by molar-refractivity contribution is 8.15. The summed E-state index contributed by atoms with van der Waals surface area (Å²) >= 11 is 1.40. The van der Waals surface area contributed by atoms with Crippen LogP contribution in [-0.4, -0.2) is 84.8 Å². The molecule has 2 heterocycles. The van der Waals surface area contributed by atoms with E-state index in [9.17, 15) is 14.4 Å². The molecule has 10 nitrogen and oxygen atoms in total. The summed E-state index contributed by atoms with van der Waals surface area (Å²) in [5.41, 5.74) is 4.09. The molecule has 4 rings (SSSR count). The van der Waals surface area contributed by atoms with Gasteiger partial charge in [-0.3, -0.25) is 24.3 Å². The highest BCUT2D eigenvalue weighted by Crippen LogP contribution is 2.41. The van der Waals surface area contributed by atoms with Gasteiger partial charge in [0.05, 0.1) is 32.0 Å². The molecule has 2 saturated heterocycles. The van der Waals surface area contributed by atoms with Crippen LogP contribution in [0.25, 0.3) is 0 Å². The molecule has 2 aliphatic rings. The van der Waals surface area contributed by atoms with E-state index in [1.807, 2.05) is 51.1 Å². The largest absolute Gasteiger partial charge is 0.378 e. The topological polar surface area (TPSA) is 107 Å².